The Kier molecular flexibility index (Phi) is 14.0. The van der Waals surface area contributed by atoms with Crippen molar-refractivity contribution in [3.8, 4) is 0 Å². The van der Waals surface area contributed by atoms with Gasteiger partial charge in [0, 0.05) is 0 Å². The van der Waals surface area contributed by atoms with Crippen molar-refractivity contribution in [2.24, 2.45) is 0 Å². The van der Waals surface area contributed by atoms with Gasteiger partial charge in [0.05, 0.1) is 0 Å². The third kappa shape index (κ3) is 15.6. The molecular weight excluding hydrogens is 478 g/mol. The van der Waals surface area contributed by atoms with Crippen molar-refractivity contribution in [3.63, 3.8) is 0 Å². The van der Waals surface area contributed by atoms with Crippen molar-refractivity contribution in [3.05, 3.63) is 46.6 Å². The van der Waals surface area contributed by atoms with Gasteiger partial charge in [-0.1, -0.05) is 22.3 Å². The van der Waals surface area contributed by atoms with Crippen molar-refractivity contribution in [1.29, 1.82) is 0 Å². The SMILES string of the molecule is CC(C)=CC(O)OP(=O)(OC(O)C=C(C)C)OP(=O)(OC(O)C=C(C)C)OC(O)C=C(C)C. The largest absolute Gasteiger partial charge is 0.488 e. The number of aliphatic hydroxyl groups is 4. The summed E-state index contributed by atoms with van der Waals surface area (Å²) in [4.78, 5) is 0. The van der Waals surface area contributed by atoms with E-state index in [1.807, 2.05) is 0 Å². The van der Waals surface area contributed by atoms with E-state index in [9.17, 15) is 29.6 Å². The second-order valence-electron chi connectivity index (χ2n) is 7.94. The molecule has 0 aliphatic carbocycles. The van der Waals surface area contributed by atoms with Gasteiger partial charge in [-0.05, 0) is 79.7 Å². The highest BCUT2D eigenvalue weighted by molar-refractivity contribution is 7.62. The fraction of sp³-hybridized carbons (Fsp3) is 0.600. The first-order valence-electron chi connectivity index (χ1n) is 9.92. The molecule has 0 aromatic heterocycles. The number of hydrogen-bond donors (Lipinski definition) is 4. The maximum atomic E-state index is 13.2. The summed E-state index contributed by atoms with van der Waals surface area (Å²) in [5.41, 5.74) is 2.25. The zero-order valence-corrected chi connectivity index (χ0v) is 21.9. The summed E-state index contributed by atoms with van der Waals surface area (Å²) in [5.74, 6) is 0. The van der Waals surface area contributed by atoms with Gasteiger partial charge in [-0.25, -0.2) is 9.13 Å². The maximum absolute atomic E-state index is 13.2. The summed E-state index contributed by atoms with van der Waals surface area (Å²) in [6.07, 6.45) is -2.91. The average molecular weight is 514 g/mol. The molecule has 4 atom stereocenters. The quantitative estimate of drug-likeness (QED) is 0.147. The van der Waals surface area contributed by atoms with Crippen LogP contribution in [0, 0.1) is 0 Å². The highest BCUT2D eigenvalue weighted by Crippen LogP contribution is 2.67. The smallest absolute Gasteiger partial charge is 0.364 e. The molecule has 0 amide bonds. The van der Waals surface area contributed by atoms with E-state index in [1.165, 1.54) is 0 Å². The molecule has 0 rings (SSSR count). The lowest BCUT2D eigenvalue weighted by Gasteiger charge is -2.26. The molecule has 0 aromatic rings. The molecule has 0 aromatic carbocycles. The lowest BCUT2D eigenvalue weighted by atomic mass is 10.3. The van der Waals surface area contributed by atoms with Crippen LogP contribution in [0.2, 0.25) is 0 Å². The molecule has 0 saturated carbocycles. The number of hydrogen-bond acceptors (Lipinski definition) is 11. The summed E-state index contributed by atoms with van der Waals surface area (Å²) in [6, 6.07) is 0. The normalized spacial score (nSPS) is 18.5. The number of phosphoric acid groups is 2. The van der Waals surface area contributed by atoms with E-state index in [2.05, 4.69) is 0 Å². The average Bonchev–Trinajstić information content (AvgIpc) is 2.48. The summed E-state index contributed by atoms with van der Waals surface area (Å²) in [6.45, 7) is 12.9. The second kappa shape index (κ2) is 14.5. The van der Waals surface area contributed by atoms with Gasteiger partial charge < -0.3 is 20.4 Å². The van der Waals surface area contributed by atoms with Crippen molar-refractivity contribution >= 4 is 15.6 Å². The van der Waals surface area contributed by atoms with Gasteiger partial charge in [-0.15, -0.1) is 0 Å². The Balaban J connectivity index is 6.23. The lowest BCUT2D eigenvalue weighted by Crippen LogP contribution is -2.19. The predicted molar refractivity (Wildman–Crippen MR) is 122 cm³/mol. The lowest BCUT2D eigenvalue weighted by molar-refractivity contribution is -0.0661. The topological polar surface area (TPSA) is 161 Å². The van der Waals surface area contributed by atoms with E-state index in [-0.39, 0.29) is 0 Å². The van der Waals surface area contributed by atoms with Crippen LogP contribution < -0.4 is 0 Å². The van der Waals surface area contributed by atoms with Crippen LogP contribution in [-0.2, 0) is 31.5 Å². The molecule has 0 aliphatic rings. The summed E-state index contributed by atoms with van der Waals surface area (Å²) >= 11 is 0. The Hall–Kier alpha value is -0.940. The van der Waals surface area contributed by atoms with E-state index in [0.717, 1.165) is 24.3 Å². The van der Waals surface area contributed by atoms with Crippen LogP contribution >= 0.6 is 15.6 Å². The fourth-order valence-corrected chi connectivity index (χ4v) is 5.04. The Labute approximate surface area is 195 Å². The molecule has 0 bridgehead atoms. The Morgan fingerprint density at radius 1 is 0.515 bits per heavy atom. The Morgan fingerprint density at radius 2 is 0.697 bits per heavy atom. The number of rotatable bonds is 14. The predicted octanol–water partition coefficient (Wildman–Crippen LogP) is 4.42. The molecule has 4 N–H and O–H groups in total. The molecule has 0 spiro atoms. The van der Waals surface area contributed by atoms with Gasteiger partial charge in [0.25, 0.3) is 0 Å². The Morgan fingerprint density at radius 3 is 0.848 bits per heavy atom. The van der Waals surface area contributed by atoms with Gasteiger partial charge >= 0.3 is 15.6 Å². The minimum absolute atomic E-state index is 0.563. The summed E-state index contributed by atoms with van der Waals surface area (Å²) in [7, 11) is -10.2. The monoisotopic (exact) mass is 514 g/mol. The number of allylic oxidation sites excluding steroid dienone is 4. The molecule has 33 heavy (non-hydrogen) atoms. The van der Waals surface area contributed by atoms with Crippen molar-refractivity contribution in [2.45, 2.75) is 80.6 Å². The minimum atomic E-state index is -5.11. The van der Waals surface area contributed by atoms with Gasteiger partial charge in [0.15, 0.2) is 25.2 Å². The molecular formula is C20H36O11P2. The van der Waals surface area contributed by atoms with Crippen LogP contribution in [0.5, 0.6) is 0 Å². The molecule has 0 saturated heterocycles. The van der Waals surface area contributed by atoms with Gasteiger partial charge in [-0.3, -0.25) is 18.1 Å². The third-order valence-corrected chi connectivity index (χ3v) is 6.55. The van der Waals surface area contributed by atoms with Crippen LogP contribution in [0.3, 0.4) is 0 Å². The molecule has 4 unspecified atom stereocenters. The first-order chi connectivity index (χ1) is 14.9. The molecule has 0 aliphatic heterocycles. The van der Waals surface area contributed by atoms with E-state index < -0.39 is 40.8 Å². The zero-order chi connectivity index (χ0) is 26.0. The highest BCUT2D eigenvalue weighted by Gasteiger charge is 2.45. The van der Waals surface area contributed by atoms with Crippen LogP contribution in [0.25, 0.3) is 0 Å². The first kappa shape index (κ1) is 32.1. The molecule has 11 nitrogen and oxygen atoms in total. The number of phosphoric ester groups is 2. The Bertz CT molecular complexity index is 703. The van der Waals surface area contributed by atoms with Gasteiger partial charge in [0.1, 0.15) is 0 Å². The highest BCUT2D eigenvalue weighted by atomic mass is 31.3. The molecule has 13 heteroatoms. The summed E-state index contributed by atoms with van der Waals surface area (Å²) < 4.78 is 51.0. The molecule has 0 radical (unpaired) electrons. The molecule has 0 heterocycles. The number of aliphatic hydroxyl groups excluding tert-OH is 4. The minimum Gasteiger partial charge on any atom is -0.364 e. The third-order valence-electron chi connectivity index (χ3n) is 3.05. The van der Waals surface area contributed by atoms with Crippen molar-refractivity contribution in [1.82, 2.24) is 0 Å². The van der Waals surface area contributed by atoms with Crippen molar-refractivity contribution in [2.75, 3.05) is 0 Å². The summed E-state index contributed by atoms with van der Waals surface area (Å²) in [5, 5.41) is 40.1. The molecule has 192 valence electrons. The zero-order valence-electron chi connectivity index (χ0n) is 20.2. The van der Waals surface area contributed by atoms with E-state index in [4.69, 9.17) is 22.4 Å². The maximum Gasteiger partial charge on any atom is 0.488 e. The van der Waals surface area contributed by atoms with Crippen LogP contribution in [-0.4, -0.2) is 45.6 Å². The second-order valence-corrected chi connectivity index (χ2v) is 11.2. The van der Waals surface area contributed by atoms with E-state index >= 15 is 0 Å². The standard InChI is InChI=1S/C20H36O11P2/c1-13(2)9-17(21)27-32(25,28-18(22)10-14(3)4)31-33(26,29-19(23)11-15(5)6)30-20(24)12-16(7)8/h9-12,17-24H,1-8H3. The fourth-order valence-electron chi connectivity index (χ4n) is 2.04. The van der Waals surface area contributed by atoms with Crippen LogP contribution in [0.1, 0.15) is 55.4 Å². The van der Waals surface area contributed by atoms with Crippen molar-refractivity contribution < 1.29 is 52.0 Å². The van der Waals surface area contributed by atoms with E-state index in [0.29, 0.717) is 22.3 Å². The molecule has 0 fully saturated rings. The van der Waals surface area contributed by atoms with Gasteiger partial charge in [-0.2, -0.15) is 4.31 Å². The van der Waals surface area contributed by atoms with E-state index in [1.54, 1.807) is 55.4 Å². The first-order valence-corrected chi connectivity index (χ1v) is 12.8. The van der Waals surface area contributed by atoms with Gasteiger partial charge in [0.2, 0.25) is 0 Å². The van der Waals surface area contributed by atoms with Crippen LogP contribution in [0.4, 0.5) is 0 Å². The van der Waals surface area contributed by atoms with Crippen LogP contribution in [0.15, 0.2) is 46.6 Å².